The molecule has 92 valence electrons. The van der Waals surface area contributed by atoms with E-state index in [1.165, 1.54) is 11.8 Å². The number of hydrogen-bond acceptors (Lipinski definition) is 5. The number of rotatable bonds is 5. The Bertz CT molecular complexity index is 466. The lowest BCUT2D eigenvalue weighted by atomic mass is 10.4. The first-order valence-corrected chi connectivity index (χ1v) is 6.31. The van der Waals surface area contributed by atoms with Gasteiger partial charge in [0.2, 0.25) is 10.0 Å². The molecule has 1 aromatic rings. The quantitative estimate of drug-likeness (QED) is 0.745. The molecular weight excluding hydrogens is 232 g/mol. The van der Waals surface area contributed by atoms with Gasteiger partial charge in [0.15, 0.2) is 5.82 Å². The number of nitrogens with one attached hydrogen (secondary N) is 1. The molecule has 8 heteroatoms. The minimum absolute atomic E-state index is 0.118. The molecule has 16 heavy (non-hydrogen) atoms. The molecule has 1 heterocycles. The fraction of sp³-hybridized carbons (Fsp3) is 0.625. The van der Waals surface area contributed by atoms with Gasteiger partial charge in [-0.05, 0) is 6.92 Å². The molecule has 0 unspecified atom stereocenters. The molecule has 1 rings (SSSR count). The van der Waals surface area contributed by atoms with Gasteiger partial charge in [-0.25, -0.2) is 13.1 Å². The Hall–Kier alpha value is -1.28. The fourth-order valence-electron chi connectivity index (χ4n) is 1.19. The van der Waals surface area contributed by atoms with Gasteiger partial charge in [-0.15, -0.1) is 0 Å². The van der Waals surface area contributed by atoms with E-state index < -0.39 is 10.0 Å². The SMILES string of the molecule is COCCS(=O)(=O)Nc1c(N)c(C)nn1C. The van der Waals surface area contributed by atoms with E-state index in [1.807, 2.05) is 0 Å². The maximum absolute atomic E-state index is 11.6. The first kappa shape index (κ1) is 12.8. The average Bonchev–Trinajstić information content (AvgIpc) is 2.42. The van der Waals surface area contributed by atoms with Crippen LogP contribution in [0.15, 0.2) is 0 Å². The molecule has 7 nitrogen and oxygen atoms in total. The molecular formula is C8H16N4O3S. The second kappa shape index (κ2) is 4.71. The number of hydrogen-bond donors (Lipinski definition) is 2. The average molecular weight is 248 g/mol. The Morgan fingerprint density at radius 2 is 2.19 bits per heavy atom. The third kappa shape index (κ3) is 2.86. The predicted molar refractivity (Wildman–Crippen MR) is 61.6 cm³/mol. The lowest BCUT2D eigenvalue weighted by molar-refractivity contribution is 0.217. The Kier molecular flexibility index (Phi) is 3.76. The van der Waals surface area contributed by atoms with Crippen molar-refractivity contribution in [3.05, 3.63) is 5.69 Å². The van der Waals surface area contributed by atoms with Crippen molar-refractivity contribution in [2.24, 2.45) is 7.05 Å². The Labute approximate surface area is 94.6 Å². The minimum Gasteiger partial charge on any atom is -0.394 e. The van der Waals surface area contributed by atoms with E-state index in [4.69, 9.17) is 10.5 Å². The monoisotopic (exact) mass is 248 g/mol. The smallest absolute Gasteiger partial charge is 0.236 e. The molecule has 1 aromatic heterocycles. The summed E-state index contributed by atoms with van der Waals surface area (Å²) in [5, 5.41) is 4.01. The highest BCUT2D eigenvalue weighted by molar-refractivity contribution is 7.92. The lowest BCUT2D eigenvalue weighted by Gasteiger charge is -2.08. The van der Waals surface area contributed by atoms with Crippen molar-refractivity contribution in [1.82, 2.24) is 9.78 Å². The van der Waals surface area contributed by atoms with Crippen LogP contribution in [0.5, 0.6) is 0 Å². The highest BCUT2D eigenvalue weighted by atomic mass is 32.2. The topological polar surface area (TPSA) is 99.2 Å². The summed E-state index contributed by atoms with van der Waals surface area (Å²) >= 11 is 0. The highest BCUT2D eigenvalue weighted by Gasteiger charge is 2.16. The molecule has 0 radical (unpaired) electrons. The summed E-state index contributed by atoms with van der Waals surface area (Å²) in [5.74, 6) is 0.168. The summed E-state index contributed by atoms with van der Waals surface area (Å²) in [6.07, 6.45) is 0. The van der Waals surface area contributed by atoms with Crippen LogP contribution in [0.3, 0.4) is 0 Å². The van der Waals surface area contributed by atoms with Crippen molar-refractivity contribution < 1.29 is 13.2 Å². The number of ether oxygens (including phenoxy) is 1. The lowest BCUT2D eigenvalue weighted by Crippen LogP contribution is -2.21. The Balaban J connectivity index is 2.88. The van der Waals surface area contributed by atoms with Crippen molar-refractivity contribution >= 4 is 21.5 Å². The second-order valence-corrected chi connectivity index (χ2v) is 5.23. The highest BCUT2D eigenvalue weighted by Crippen LogP contribution is 2.21. The summed E-state index contributed by atoms with van der Waals surface area (Å²) in [6, 6.07) is 0. The standard InChI is InChI=1S/C8H16N4O3S/c1-6-7(9)8(12(2)10-6)11-16(13,14)5-4-15-3/h11H,4-5,9H2,1-3H3. The third-order valence-corrected chi connectivity index (χ3v) is 3.29. The molecule has 0 fully saturated rings. The molecule has 0 atom stereocenters. The summed E-state index contributed by atoms with van der Waals surface area (Å²) in [5.41, 5.74) is 6.62. The van der Waals surface area contributed by atoms with Crippen molar-refractivity contribution in [2.75, 3.05) is 29.9 Å². The van der Waals surface area contributed by atoms with Crippen LogP contribution in [0.25, 0.3) is 0 Å². The molecule has 0 aromatic carbocycles. The van der Waals surface area contributed by atoms with Gasteiger partial charge in [0.1, 0.15) is 0 Å². The first-order chi connectivity index (χ1) is 7.37. The molecule has 0 spiro atoms. The van der Waals surface area contributed by atoms with Crippen LogP contribution >= 0.6 is 0 Å². The van der Waals surface area contributed by atoms with Crippen molar-refractivity contribution in [1.29, 1.82) is 0 Å². The van der Waals surface area contributed by atoms with Crippen LogP contribution in [-0.2, 0) is 21.8 Å². The van der Waals surface area contributed by atoms with Crippen LogP contribution < -0.4 is 10.5 Å². The molecule has 0 saturated carbocycles. The number of nitrogens with zero attached hydrogens (tertiary/aromatic N) is 2. The number of methoxy groups -OCH3 is 1. The Morgan fingerprint density at radius 3 is 2.62 bits per heavy atom. The van der Waals surface area contributed by atoms with E-state index in [-0.39, 0.29) is 18.2 Å². The van der Waals surface area contributed by atoms with Crippen LogP contribution in [0, 0.1) is 6.92 Å². The summed E-state index contributed by atoms with van der Waals surface area (Å²) in [7, 11) is -0.379. The summed E-state index contributed by atoms with van der Waals surface area (Å²) in [4.78, 5) is 0. The molecule has 0 bridgehead atoms. The number of anilines is 2. The summed E-state index contributed by atoms with van der Waals surface area (Å²) in [6.45, 7) is 1.84. The maximum atomic E-state index is 11.6. The number of aromatic nitrogens is 2. The van der Waals surface area contributed by atoms with Gasteiger partial charge in [-0.2, -0.15) is 5.10 Å². The van der Waals surface area contributed by atoms with Crippen LogP contribution in [0.1, 0.15) is 5.69 Å². The van der Waals surface area contributed by atoms with E-state index in [2.05, 4.69) is 9.82 Å². The van der Waals surface area contributed by atoms with E-state index in [0.29, 0.717) is 11.4 Å². The van der Waals surface area contributed by atoms with Gasteiger partial charge < -0.3 is 10.5 Å². The van der Waals surface area contributed by atoms with Crippen molar-refractivity contribution in [3.63, 3.8) is 0 Å². The fourth-order valence-corrected chi connectivity index (χ4v) is 2.21. The number of nitrogen functional groups attached to an aromatic ring is 1. The maximum Gasteiger partial charge on any atom is 0.236 e. The van der Waals surface area contributed by atoms with Crippen LogP contribution in [0.4, 0.5) is 11.5 Å². The van der Waals surface area contributed by atoms with Crippen molar-refractivity contribution in [2.45, 2.75) is 6.92 Å². The van der Waals surface area contributed by atoms with Gasteiger partial charge in [-0.1, -0.05) is 0 Å². The van der Waals surface area contributed by atoms with Gasteiger partial charge >= 0.3 is 0 Å². The van der Waals surface area contributed by atoms with Crippen molar-refractivity contribution in [3.8, 4) is 0 Å². The normalized spacial score (nSPS) is 11.7. The second-order valence-electron chi connectivity index (χ2n) is 3.39. The summed E-state index contributed by atoms with van der Waals surface area (Å²) < 4.78 is 31.7. The van der Waals surface area contributed by atoms with E-state index in [1.54, 1.807) is 14.0 Å². The van der Waals surface area contributed by atoms with Crippen LogP contribution in [0.2, 0.25) is 0 Å². The number of sulfonamides is 1. The predicted octanol–water partition coefficient (Wildman–Crippen LogP) is -0.301. The molecule has 0 aliphatic heterocycles. The van der Waals surface area contributed by atoms with Gasteiger partial charge in [0.25, 0.3) is 0 Å². The Morgan fingerprint density at radius 1 is 1.56 bits per heavy atom. The van der Waals surface area contributed by atoms with Crippen LogP contribution in [-0.4, -0.2) is 37.7 Å². The number of nitrogens with two attached hydrogens (primary N) is 1. The van der Waals surface area contributed by atoms with E-state index >= 15 is 0 Å². The van der Waals surface area contributed by atoms with E-state index in [0.717, 1.165) is 0 Å². The first-order valence-electron chi connectivity index (χ1n) is 4.66. The zero-order valence-corrected chi connectivity index (χ0v) is 10.3. The zero-order valence-electron chi connectivity index (χ0n) is 9.52. The molecule has 3 N–H and O–H groups in total. The molecule has 0 amide bonds. The number of aryl methyl sites for hydroxylation is 2. The third-order valence-electron chi connectivity index (χ3n) is 2.08. The molecule has 0 saturated heterocycles. The van der Waals surface area contributed by atoms with E-state index in [9.17, 15) is 8.42 Å². The largest absolute Gasteiger partial charge is 0.394 e. The zero-order chi connectivity index (χ0) is 12.3. The minimum atomic E-state index is -3.44. The molecule has 0 aliphatic rings. The molecule has 0 aliphatic carbocycles. The van der Waals surface area contributed by atoms with Gasteiger partial charge in [0, 0.05) is 14.2 Å². The van der Waals surface area contributed by atoms with Gasteiger partial charge in [-0.3, -0.25) is 4.72 Å². The van der Waals surface area contributed by atoms with Gasteiger partial charge in [0.05, 0.1) is 23.7 Å².